The van der Waals surface area contributed by atoms with E-state index < -0.39 is 0 Å². The molecular weight excluding hydrogens is 220 g/mol. The van der Waals surface area contributed by atoms with Crippen LogP contribution in [0.2, 0.25) is 5.02 Å². The Balaban J connectivity index is 2.15. The van der Waals surface area contributed by atoms with Crippen molar-refractivity contribution in [1.29, 1.82) is 0 Å². The van der Waals surface area contributed by atoms with Gasteiger partial charge in [0.15, 0.2) is 0 Å². The molecule has 2 aliphatic heterocycles. The SMILES string of the molecule is Clc1ccc2cccc-2c2c1[C@H]1C=C[C@@H]2O1. The van der Waals surface area contributed by atoms with Crippen LogP contribution in [0.1, 0.15) is 23.3 Å². The van der Waals surface area contributed by atoms with Crippen molar-refractivity contribution in [3.63, 3.8) is 0 Å². The van der Waals surface area contributed by atoms with Gasteiger partial charge in [0.2, 0.25) is 0 Å². The van der Waals surface area contributed by atoms with E-state index in [9.17, 15) is 0 Å². The quantitative estimate of drug-likeness (QED) is 0.616. The first-order valence-electron chi connectivity index (χ1n) is 5.39. The van der Waals surface area contributed by atoms with E-state index in [4.69, 9.17) is 16.3 Å². The van der Waals surface area contributed by atoms with Gasteiger partial charge in [-0.3, -0.25) is 0 Å². The van der Waals surface area contributed by atoms with Gasteiger partial charge in [-0.05, 0) is 17.2 Å². The summed E-state index contributed by atoms with van der Waals surface area (Å²) in [5, 5.41) is 0.808. The molecule has 0 N–H and O–H groups in total. The van der Waals surface area contributed by atoms with Crippen LogP contribution in [0.3, 0.4) is 0 Å². The van der Waals surface area contributed by atoms with Crippen molar-refractivity contribution in [1.82, 2.24) is 0 Å². The Morgan fingerprint density at radius 2 is 1.75 bits per heavy atom. The molecule has 4 rings (SSSR count). The molecule has 16 heavy (non-hydrogen) atoms. The Bertz CT molecular complexity index is 588. The van der Waals surface area contributed by atoms with Gasteiger partial charge in [0, 0.05) is 16.1 Å². The van der Waals surface area contributed by atoms with Gasteiger partial charge < -0.3 is 4.74 Å². The van der Waals surface area contributed by atoms with Gasteiger partial charge in [0.1, 0.15) is 12.2 Å². The molecule has 0 aromatic carbocycles. The summed E-state index contributed by atoms with van der Waals surface area (Å²) in [6.45, 7) is 0. The van der Waals surface area contributed by atoms with Crippen molar-refractivity contribution in [3.8, 4) is 11.1 Å². The van der Waals surface area contributed by atoms with Gasteiger partial charge in [-0.2, -0.15) is 0 Å². The van der Waals surface area contributed by atoms with Crippen LogP contribution >= 0.6 is 11.6 Å². The highest BCUT2D eigenvalue weighted by atomic mass is 35.5. The highest BCUT2D eigenvalue weighted by Gasteiger charge is 2.37. The molecule has 2 heteroatoms. The highest BCUT2D eigenvalue weighted by molar-refractivity contribution is 6.31. The molecule has 1 nitrogen and oxygen atoms in total. The fourth-order valence-electron chi connectivity index (χ4n) is 2.73. The molecule has 4 aliphatic rings. The Hall–Kier alpha value is -1.31. The zero-order valence-electron chi connectivity index (χ0n) is 8.48. The van der Waals surface area contributed by atoms with Crippen molar-refractivity contribution in [2.24, 2.45) is 0 Å². The van der Waals surface area contributed by atoms with Gasteiger partial charge in [-0.15, -0.1) is 0 Å². The Morgan fingerprint density at radius 3 is 2.62 bits per heavy atom. The lowest BCUT2D eigenvalue weighted by Crippen LogP contribution is -1.92. The fraction of sp³-hybridized carbons (Fsp3) is 0.143. The smallest absolute Gasteiger partial charge is 0.104 e. The van der Waals surface area contributed by atoms with Crippen LogP contribution < -0.4 is 0 Å². The molecule has 0 saturated heterocycles. The second kappa shape index (κ2) is 2.88. The number of hydrogen-bond acceptors (Lipinski definition) is 1. The molecule has 0 unspecified atom stereocenters. The van der Waals surface area contributed by atoms with E-state index in [1.54, 1.807) is 0 Å². The van der Waals surface area contributed by atoms with Crippen LogP contribution in [0.5, 0.6) is 0 Å². The molecular formula is C14H9ClO. The van der Waals surface area contributed by atoms with E-state index in [2.05, 4.69) is 36.4 Å². The zero-order valence-corrected chi connectivity index (χ0v) is 9.24. The minimum absolute atomic E-state index is 0.0537. The lowest BCUT2D eigenvalue weighted by Gasteiger charge is -2.08. The minimum atomic E-state index is 0.0537. The van der Waals surface area contributed by atoms with E-state index in [0.717, 1.165) is 10.6 Å². The molecule has 0 spiro atoms. The number of hydrogen-bond donors (Lipinski definition) is 0. The van der Waals surface area contributed by atoms with E-state index >= 15 is 0 Å². The summed E-state index contributed by atoms with van der Waals surface area (Å²) in [7, 11) is 0. The predicted molar refractivity (Wildman–Crippen MR) is 63.8 cm³/mol. The number of fused-ring (bicyclic) bond motifs is 7. The van der Waals surface area contributed by atoms with E-state index in [1.807, 2.05) is 6.07 Å². The van der Waals surface area contributed by atoms with Gasteiger partial charge in [0.25, 0.3) is 0 Å². The third-order valence-corrected chi connectivity index (χ3v) is 3.75. The third kappa shape index (κ3) is 0.952. The molecule has 2 bridgehead atoms. The summed E-state index contributed by atoms with van der Waals surface area (Å²) in [4.78, 5) is 0. The molecule has 2 atom stereocenters. The predicted octanol–water partition coefficient (Wildman–Crippen LogP) is 4.13. The maximum atomic E-state index is 6.32. The van der Waals surface area contributed by atoms with Gasteiger partial charge in [-0.1, -0.05) is 48.0 Å². The molecule has 0 fully saturated rings. The normalized spacial score (nSPS) is 25.3. The summed E-state index contributed by atoms with van der Waals surface area (Å²) < 4.78 is 5.85. The van der Waals surface area contributed by atoms with Gasteiger partial charge in [-0.25, -0.2) is 0 Å². The maximum Gasteiger partial charge on any atom is 0.104 e. The molecule has 0 aromatic heterocycles. The first kappa shape index (κ1) is 8.80. The van der Waals surface area contributed by atoms with Crippen LogP contribution in [0.15, 0.2) is 42.5 Å². The Morgan fingerprint density at radius 1 is 0.938 bits per heavy atom. The van der Waals surface area contributed by atoms with Crippen LogP contribution in [0.25, 0.3) is 11.1 Å². The summed E-state index contributed by atoms with van der Waals surface area (Å²) >= 11 is 6.32. The Kier molecular flexibility index (Phi) is 1.58. The van der Waals surface area contributed by atoms with Crippen LogP contribution in [0, 0.1) is 0 Å². The summed E-state index contributed by atoms with van der Waals surface area (Å²) in [5.41, 5.74) is 4.89. The van der Waals surface area contributed by atoms with E-state index in [1.165, 1.54) is 16.7 Å². The summed E-state index contributed by atoms with van der Waals surface area (Å²) in [6.07, 6.45) is 4.36. The summed E-state index contributed by atoms with van der Waals surface area (Å²) in [6, 6.07) is 10.4. The second-order valence-corrected chi connectivity index (χ2v) is 4.67. The second-order valence-electron chi connectivity index (χ2n) is 4.27. The topological polar surface area (TPSA) is 9.23 Å². The number of ether oxygens (including phenoxy) is 1. The first-order valence-corrected chi connectivity index (χ1v) is 5.77. The molecule has 0 saturated carbocycles. The lowest BCUT2D eigenvalue weighted by atomic mass is 9.94. The minimum Gasteiger partial charge on any atom is -0.357 e. The molecule has 2 aliphatic carbocycles. The van der Waals surface area contributed by atoms with Crippen molar-refractivity contribution in [3.05, 3.63) is 58.6 Å². The van der Waals surface area contributed by atoms with Crippen LogP contribution in [0.4, 0.5) is 0 Å². The van der Waals surface area contributed by atoms with Gasteiger partial charge >= 0.3 is 0 Å². The molecule has 2 heterocycles. The standard InChI is InChI=1S/C14H9ClO/c15-10-5-4-8-2-1-3-9(8)13-11-6-7-12(16-11)14(10)13/h1-7,11-12H/t11-,12+/m0/s1. The summed E-state index contributed by atoms with van der Waals surface area (Å²) in [5.74, 6) is 0. The monoisotopic (exact) mass is 228 g/mol. The van der Waals surface area contributed by atoms with Crippen molar-refractivity contribution >= 4 is 11.6 Å². The van der Waals surface area contributed by atoms with E-state index in [0.29, 0.717) is 0 Å². The van der Waals surface area contributed by atoms with Gasteiger partial charge in [0.05, 0.1) is 0 Å². The molecule has 0 amide bonds. The zero-order chi connectivity index (χ0) is 10.7. The largest absolute Gasteiger partial charge is 0.357 e. The van der Waals surface area contributed by atoms with Crippen LogP contribution in [-0.4, -0.2) is 0 Å². The molecule has 78 valence electrons. The average Bonchev–Trinajstić information content (AvgIpc) is 2.98. The number of halogens is 1. The highest BCUT2D eigenvalue weighted by Crippen LogP contribution is 2.51. The lowest BCUT2D eigenvalue weighted by molar-refractivity contribution is 0.0880. The molecule has 0 radical (unpaired) electrons. The van der Waals surface area contributed by atoms with E-state index in [-0.39, 0.29) is 12.2 Å². The number of rotatable bonds is 0. The van der Waals surface area contributed by atoms with Crippen molar-refractivity contribution < 1.29 is 4.74 Å². The van der Waals surface area contributed by atoms with Crippen molar-refractivity contribution in [2.45, 2.75) is 12.2 Å². The molecule has 0 aromatic rings. The van der Waals surface area contributed by atoms with Crippen LogP contribution in [-0.2, 0) is 4.74 Å². The van der Waals surface area contributed by atoms with Crippen molar-refractivity contribution in [2.75, 3.05) is 0 Å². The Labute approximate surface area is 98.6 Å². The fourth-order valence-corrected chi connectivity index (χ4v) is 3.00. The first-order chi connectivity index (χ1) is 7.84. The maximum absolute atomic E-state index is 6.32. The third-order valence-electron chi connectivity index (χ3n) is 3.42. The average molecular weight is 229 g/mol.